The lowest BCUT2D eigenvalue weighted by Gasteiger charge is -2.31. The summed E-state index contributed by atoms with van der Waals surface area (Å²) in [5.74, 6) is 0. The molecule has 0 radical (unpaired) electrons. The molecule has 0 aliphatic heterocycles. The van der Waals surface area contributed by atoms with E-state index in [0.29, 0.717) is 0 Å². The van der Waals surface area contributed by atoms with E-state index in [4.69, 9.17) is 0 Å². The number of hydrogen-bond acceptors (Lipinski definition) is 0. The maximum absolute atomic E-state index is 2.39. The molecule has 148 valence electrons. The molecule has 0 nitrogen and oxygen atoms in total. The molecular formula is C28H36. The summed E-state index contributed by atoms with van der Waals surface area (Å²) in [5.41, 5.74) is 8.00. The molecule has 0 bridgehead atoms. The topological polar surface area (TPSA) is 0 Å². The largest absolute Gasteiger partial charge is 0.0683 e. The van der Waals surface area contributed by atoms with Gasteiger partial charge in [-0.3, -0.25) is 0 Å². The third kappa shape index (κ3) is 4.55. The zero-order valence-electron chi connectivity index (χ0n) is 18.9. The molecule has 0 fully saturated rings. The Kier molecular flexibility index (Phi) is 6.88. The fourth-order valence-electron chi connectivity index (χ4n) is 3.57. The Balaban J connectivity index is 0.00000136. The van der Waals surface area contributed by atoms with Crippen LogP contribution in [-0.2, 0) is 10.8 Å². The zero-order chi connectivity index (χ0) is 20.9. The highest BCUT2D eigenvalue weighted by Crippen LogP contribution is 2.36. The van der Waals surface area contributed by atoms with Crippen LogP contribution < -0.4 is 0 Å². The molecular weight excluding hydrogens is 336 g/mol. The normalized spacial score (nSPS) is 11.6. The van der Waals surface area contributed by atoms with Crippen LogP contribution in [0.1, 0.15) is 74.9 Å². The van der Waals surface area contributed by atoms with Gasteiger partial charge in [-0.2, -0.15) is 0 Å². The Morgan fingerprint density at radius 2 is 0.786 bits per heavy atom. The lowest BCUT2D eigenvalue weighted by atomic mass is 9.73. The average Bonchev–Trinajstić information content (AvgIpc) is 2.70. The number of rotatable bonds is 4. The molecule has 3 rings (SSSR count). The van der Waals surface area contributed by atoms with Gasteiger partial charge in [-0.15, -0.1) is 0 Å². The van der Waals surface area contributed by atoms with Crippen LogP contribution in [0.25, 0.3) is 0 Å². The lowest BCUT2D eigenvalue weighted by Crippen LogP contribution is -2.22. The highest BCUT2D eigenvalue weighted by Gasteiger charge is 2.27. The number of hydrogen-bond donors (Lipinski definition) is 0. The minimum atomic E-state index is -0.0208. The molecule has 0 saturated heterocycles. The molecule has 0 amide bonds. The quantitative estimate of drug-likeness (QED) is 0.435. The van der Waals surface area contributed by atoms with Crippen molar-refractivity contribution in [3.63, 3.8) is 0 Å². The van der Waals surface area contributed by atoms with Crippen LogP contribution >= 0.6 is 0 Å². The Bertz CT molecular complexity index is 805. The molecule has 0 unspecified atom stereocenters. The summed E-state index contributed by atoms with van der Waals surface area (Å²) in [6, 6.07) is 27.0. The monoisotopic (exact) mass is 372 g/mol. The van der Waals surface area contributed by atoms with Crippen molar-refractivity contribution in [1.29, 1.82) is 0 Å². The van der Waals surface area contributed by atoms with Crippen LogP contribution in [0, 0.1) is 13.8 Å². The Morgan fingerprint density at radius 1 is 0.464 bits per heavy atom. The van der Waals surface area contributed by atoms with Gasteiger partial charge >= 0.3 is 0 Å². The smallest absolute Gasteiger partial charge is 0.0146 e. The number of benzene rings is 3. The molecule has 0 N–H and O–H groups in total. The van der Waals surface area contributed by atoms with Gasteiger partial charge in [-0.1, -0.05) is 125 Å². The first-order valence-corrected chi connectivity index (χ1v) is 10.5. The molecule has 0 spiro atoms. The van der Waals surface area contributed by atoms with Gasteiger partial charge in [0.1, 0.15) is 0 Å². The summed E-state index contributed by atoms with van der Waals surface area (Å²) in [6.45, 7) is 17.5. The van der Waals surface area contributed by atoms with Gasteiger partial charge in [-0.05, 0) is 36.1 Å². The van der Waals surface area contributed by atoms with E-state index in [2.05, 4.69) is 114 Å². The second kappa shape index (κ2) is 8.78. The molecule has 3 aromatic rings. The predicted octanol–water partition coefficient (Wildman–Crippen LogP) is 7.98. The van der Waals surface area contributed by atoms with Crippen molar-refractivity contribution < 1.29 is 0 Å². The first kappa shape index (κ1) is 22.0. The maximum Gasteiger partial charge on any atom is 0.0146 e. The molecule has 0 atom stereocenters. The molecule has 0 aliphatic carbocycles. The molecule has 0 aliphatic rings. The van der Waals surface area contributed by atoms with Crippen LogP contribution in [0.3, 0.4) is 0 Å². The van der Waals surface area contributed by atoms with Gasteiger partial charge in [0.05, 0.1) is 0 Å². The molecule has 0 saturated carbocycles. The van der Waals surface area contributed by atoms with Crippen molar-refractivity contribution in [3.8, 4) is 0 Å². The van der Waals surface area contributed by atoms with Gasteiger partial charge in [0.2, 0.25) is 0 Å². The minimum Gasteiger partial charge on any atom is -0.0683 e. The van der Waals surface area contributed by atoms with E-state index >= 15 is 0 Å². The number of aryl methyl sites for hydroxylation is 2. The van der Waals surface area contributed by atoms with E-state index in [1.807, 2.05) is 13.8 Å². The summed E-state index contributed by atoms with van der Waals surface area (Å²) in [6.07, 6.45) is 0. The summed E-state index contributed by atoms with van der Waals surface area (Å²) in [5, 5.41) is 0. The SMILES string of the molecule is CC.Cc1ccc(C(C)(C)c2cccc(C(C)(C)c3ccc(C)cc3)c2)cc1. The first-order valence-electron chi connectivity index (χ1n) is 10.5. The lowest BCUT2D eigenvalue weighted by molar-refractivity contribution is 0.617. The van der Waals surface area contributed by atoms with Gasteiger partial charge in [-0.25, -0.2) is 0 Å². The average molecular weight is 373 g/mol. The van der Waals surface area contributed by atoms with Crippen molar-refractivity contribution >= 4 is 0 Å². The van der Waals surface area contributed by atoms with E-state index in [-0.39, 0.29) is 10.8 Å². The van der Waals surface area contributed by atoms with Crippen molar-refractivity contribution in [1.82, 2.24) is 0 Å². The van der Waals surface area contributed by atoms with Crippen molar-refractivity contribution in [2.45, 2.75) is 66.2 Å². The van der Waals surface area contributed by atoms with Crippen molar-refractivity contribution in [3.05, 3.63) is 106 Å². The van der Waals surface area contributed by atoms with Crippen molar-refractivity contribution in [2.75, 3.05) is 0 Å². The second-order valence-electron chi connectivity index (χ2n) is 8.56. The van der Waals surface area contributed by atoms with E-state index < -0.39 is 0 Å². The van der Waals surface area contributed by atoms with E-state index in [0.717, 1.165) is 0 Å². The summed E-state index contributed by atoms with van der Waals surface area (Å²) >= 11 is 0. The fraction of sp³-hybridized carbons (Fsp3) is 0.357. The summed E-state index contributed by atoms with van der Waals surface area (Å²) in [7, 11) is 0. The molecule has 28 heavy (non-hydrogen) atoms. The Labute approximate surface area is 172 Å². The summed E-state index contributed by atoms with van der Waals surface area (Å²) in [4.78, 5) is 0. The van der Waals surface area contributed by atoms with Gasteiger partial charge in [0, 0.05) is 10.8 Å². The van der Waals surface area contributed by atoms with Gasteiger partial charge in [0.15, 0.2) is 0 Å². The molecule has 3 aromatic carbocycles. The predicted molar refractivity (Wildman–Crippen MR) is 124 cm³/mol. The Morgan fingerprint density at radius 3 is 1.11 bits per heavy atom. The fourth-order valence-corrected chi connectivity index (χ4v) is 3.57. The second-order valence-corrected chi connectivity index (χ2v) is 8.56. The maximum atomic E-state index is 2.39. The van der Waals surface area contributed by atoms with Crippen LogP contribution in [-0.4, -0.2) is 0 Å². The Hall–Kier alpha value is -2.34. The highest BCUT2D eigenvalue weighted by atomic mass is 14.3. The van der Waals surface area contributed by atoms with Crippen LogP contribution in [0.2, 0.25) is 0 Å². The van der Waals surface area contributed by atoms with Crippen LogP contribution in [0.5, 0.6) is 0 Å². The molecule has 0 heterocycles. The highest BCUT2D eigenvalue weighted by molar-refractivity contribution is 5.45. The third-order valence-electron chi connectivity index (χ3n) is 5.85. The zero-order valence-corrected chi connectivity index (χ0v) is 18.9. The van der Waals surface area contributed by atoms with E-state index in [1.54, 1.807) is 0 Å². The minimum absolute atomic E-state index is 0.0208. The molecule has 0 heteroatoms. The molecule has 0 aromatic heterocycles. The first-order chi connectivity index (χ1) is 13.2. The summed E-state index contributed by atoms with van der Waals surface area (Å²) < 4.78 is 0. The van der Waals surface area contributed by atoms with Crippen LogP contribution in [0.15, 0.2) is 72.8 Å². The van der Waals surface area contributed by atoms with E-state index in [9.17, 15) is 0 Å². The van der Waals surface area contributed by atoms with Gasteiger partial charge in [0.25, 0.3) is 0 Å². The van der Waals surface area contributed by atoms with Crippen LogP contribution in [0.4, 0.5) is 0 Å². The van der Waals surface area contributed by atoms with E-state index in [1.165, 1.54) is 33.4 Å². The van der Waals surface area contributed by atoms with Crippen molar-refractivity contribution in [2.24, 2.45) is 0 Å². The standard InChI is InChI=1S/C26H30.C2H6/c1-19-10-14-21(15-11-19)25(3,4)23-8-7-9-24(18-23)26(5,6)22-16-12-20(2)13-17-22;1-2/h7-18H,1-6H3;1-2H3. The third-order valence-corrected chi connectivity index (χ3v) is 5.85. The van der Waals surface area contributed by atoms with Gasteiger partial charge < -0.3 is 0 Å².